The summed E-state index contributed by atoms with van der Waals surface area (Å²) in [4.78, 5) is 10.6. The van der Waals surface area contributed by atoms with E-state index in [1.165, 1.54) is 5.56 Å². The summed E-state index contributed by atoms with van der Waals surface area (Å²) < 4.78 is 0.491. The fourth-order valence-corrected chi connectivity index (χ4v) is 2.63. The van der Waals surface area contributed by atoms with Crippen molar-refractivity contribution < 1.29 is 4.92 Å². The monoisotopic (exact) mass is 348 g/mol. The molecule has 0 spiro atoms. The van der Waals surface area contributed by atoms with Gasteiger partial charge in [0.25, 0.3) is 5.69 Å². The molecule has 2 rings (SSSR count). The van der Waals surface area contributed by atoms with Gasteiger partial charge in [-0.05, 0) is 40.0 Å². The van der Waals surface area contributed by atoms with Gasteiger partial charge in [0.15, 0.2) is 0 Å². The average molecular weight is 349 g/mol. The molecule has 1 N–H and O–H groups in total. The zero-order valence-electron chi connectivity index (χ0n) is 11.8. The van der Waals surface area contributed by atoms with Gasteiger partial charge in [-0.25, -0.2) is 0 Å². The molecule has 0 radical (unpaired) electrons. The molecule has 0 bridgehead atoms. The summed E-state index contributed by atoms with van der Waals surface area (Å²) in [5, 5.41) is 14.4. The van der Waals surface area contributed by atoms with Gasteiger partial charge in [0.2, 0.25) is 0 Å². The second kappa shape index (κ2) is 7.22. The molecule has 1 unspecified atom stereocenters. The van der Waals surface area contributed by atoms with Crippen LogP contribution in [0.5, 0.6) is 0 Å². The summed E-state index contributed by atoms with van der Waals surface area (Å²) in [6, 6.07) is 15.4. The minimum absolute atomic E-state index is 0.0725. The van der Waals surface area contributed by atoms with Crippen LogP contribution in [0.15, 0.2) is 53.0 Å². The van der Waals surface area contributed by atoms with E-state index in [-0.39, 0.29) is 16.7 Å². The van der Waals surface area contributed by atoms with E-state index in [2.05, 4.69) is 40.3 Å². The van der Waals surface area contributed by atoms with Crippen LogP contribution in [0.4, 0.5) is 11.4 Å². The maximum Gasteiger partial charge on any atom is 0.285 e. The first-order chi connectivity index (χ1) is 10.1. The number of nitro groups is 1. The number of rotatable bonds is 6. The second-order valence-electron chi connectivity index (χ2n) is 4.82. The van der Waals surface area contributed by atoms with Gasteiger partial charge in [0.05, 0.1) is 15.4 Å². The van der Waals surface area contributed by atoms with Crippen LogP contribution in [0.2, 0.25) is 0 Å². The molecule has 2 aromatic carbocycles. The number of nitrogens with zero attached hydrogens (tertiary/aromatic N) is 1. The van der Waals surface area contributed by atoms with Crippen LogP contribution in [-0.4, -0.2) is 4.92 Å². The van der Waals surface area contributed by atoms with Crippen LogP contribution >= 0.6 is 15.9 Å². The van der Waals surface area contributed by atoms with Crippen molar-refractivity contribution in [1.29, 1.82) is 0 Å². The van der Waals surface area contributed by atoms with E-state index in [4.69, 9.17) is 0 Å². The van der Waals surface area contributed by atoms with Crippen LogP contribution in [0.25, 0.3) is 0 Å². The van der Waals surface area contributed by atoms with Crippen molar-refractivity contribution in [2.75, 3.05) is 5.32 Å². The Morgan fingerprint density at radius 1 is 1.24 bits per heavy atom. The maximum absolute atomic E-state index is 11.0. The predicted molar refractivity (Wildman–Crippen MR) is 88.5 cm³/mol. The molecule has 2 aromatic rings. The minimum atomic E-state index is -0.382. The molecular weight excluding hydrogens is 332 g/mol. The van der Waals surface area contributed by atoms with Crippen molar-refractivity contribution in [3.05, 3.63) is 68.7 Å². The Morgan fingerprint density at radius 3 is 2.57 bits per heavy atom. The van der Waals surface area contributed by atoms with Gasteiger partial charge in [-0.1, -0.05) is 43.7 Å². The van der Waals surface area contributed by atoms with Crippen molar-refractivity contribution >= 4 is 27.3 Å². The summed E-state index contributed by atoms with van der Waals surface area (Å²) in [6.45, 7) is 2.13. The predicted octanol–water partition coefficient (Wildman–Crippen LogP) is 5.31. The van der Waals surface area contributed by atoms with Gasteiger partial charge in [-0.2, -0.15) is 0 Å². The molecule has 0 aliphatic heterocycles. The van der Waals surface area contributed by atoms with Crippen molar-refractivity contribution in [2.45, 2.75) is 25.8 Å². The highest BCUT2D eigenvalue weighted by Gasteiger charge is 2.15. The van der Waals surface area contributed by atoms with Crippen molar-refractivity contribution in [3.8, 4) is 0 Å². The number of hydrogen-bond acceptors (Lipinski definition) is 3. The quantitative estimate of drug-likeness (QED) is 0.568. The van der Waals surface area contributed by atoms with E-state index >= 15 is 0 Å². The fraction of sp³-hybridized carbons (Fsp3) is 0.250. The minimum Gasteiger partial charge on any atom is -0.378 e. The highest BCUT2D eigenvalue weighted by molar-refractivity contribution is 9.10. The molecule has 0 aromatic heterocycles. The summed E-state index contributed by atoms with van der Waals surface area (Å²) in [5.41, 5.74) is 2.01. The van der Waals surface area contributed by atoms with E-state index in [0.29, 0.717) is 4.47 Å². The number of anilines is 1. The van der Waals surface area contributed by atoms with E-state index in [9.17, 15) is 10.1 Å². The van der Waals surface area contributed by atoms with Gasteiger partial charge in [0, 0.05) is 11.8 Å². The molecule has 0 aliphatic carbocycles. The summed E-state index contributed by atoms with van der Waals surface area (Å²) in [5.74, 6) is 0. The van der Waals surface area contributed by atoms with E-state index in [1.807, 2.05) is 24.3 Å². The first kappa shape index (κ1) is 15.5. The zero-order chi connectivity index (χ0) is 15.2. The highest BCUT2D eigenvalue weighted by Crippen LogP contribution is 2.30. The third-order valence-corrected chi connectivity index (χ3v) is 3.93. The SMILES string of the molecule is CCCC(Nc1ccc(Br)c([N+](=O)[O-])c1)c1ccccc1. The number of nitro benzene ring substituents is 1. The summed E-state index contributed by atoms with van der Waals surface area (Å²) in [7, 11) is 0. The molecule has 0 aliphatic rings. The number of benzene rings is 2. The van der Waals surface area contributed by atoms with Gasteiger partial charge in [-0.3, -0.25) is 10.1 Å². The largest absolute Gasteiger partial charge is 0.378 e. The van der Waals surface area contributed by atoms with E-state index in [0.717, 1.165) is 18.5 Å². The Bertz CT molecular complexity index is 617. The maximum atomic E-state index is 11.0. The van der Waals surface area contributed by atoms with Crippen LogP contribution in [0.3, 0.4) is 0 Å². The normalized spacial score (nSPS) is 11.9. The standard InChI is InChI=1S/C16H17BrN2O2/c1-2-6-15(12-7-4-3-5-8-12)18-13-9-10-14(17)16(11-13)19(20)21/h3-5,7-11,15,18H,2,6H2,1H3. The topological polar surface area (TPSA) is 55.2 Å². The Balaban J connectivity index is 2.25. The van der Waals surface area contributed by atoms with Gasteiger partial charge >= 0.3 is 0 Å². The third kappa shape index (κ3) is 4.04. The molecule has 110 valence electrons. The van der Waals surface area contributed by atoms with Crippen LogP contribution < -0.4 is 5.32 Å². The average Bonchev–Trinajstić information content (AvgIpc) is 2.49. The van der Waals surface area contributed by atoms with Crippen LogP contribution in [0, 0.1) is 10.1 Å². The van der Waals surface area contributed by atoms with Gasteiger partial charge in [0.1, 0.15) is 0 Å². The number of nitrogens with one attached hydrogen (secondary N) is 1. The summed E-state index contributed by atoms with van der Waals surface area (Å²) in [6.07, 6.45) is 2.00. The van der Waals surface area contributed by atoms with Gasteiger partial charge in [-0.15, -0.1) is 0 Å². The first-order valence-corrected chi connectivity index (χ1v) is 7.66. The van der Waals surface area contributed by atoms with E-state index < -0.39 is 0 Å². The fourth-order valence-electron chi connectivity index (χ4n) is 2.24. The molecular formula is C16H17BrN2O2. The number of halogens is 1. The second-order valence-corrected chi connectivity index (χ2v) is 5.67. The molecule has 5 heteroatoms. The molecule has 4 nitrogen and oxygen atoms in total. The lowest BCUT2D eigenvalue weighted by molar-refractivity contribution is -0.385. The van der Waals surface area contributed by atoms with Gasteiger partial charge < -0.3 is 5.32 Å². The lowest BCUT2D eigenvalue weighted by Gasteiger charge is -2.20. The molecule has 21 heavy (non-hydrogen) atoms. The Hall–Kier alpha value is -1.88. The Kier molecular flexibility index (Phi) is 5.33. The van der Waals surface area contributed by atoms with Crippen LogP contribution in [-0.2, 0) is 0 Å². The molecule has 0 heterocycles. The smallest absolute Gasteiger partial charge is 0.285 e. The number of hydrogen-bond donors (Lipinski definition) is 1. The van der Waals surface area contributed by atoms with Crippen molar-refractivity contribution in [2.24, 2.45) is 0 Å². The lowest BCUT2D eigenvalue weighted by atomic mass is 10.0. The van der Waals surface area contributed by atoms with Crippen molar-refractivity contribution in [3.63, 3.8) is 0 Å². The Morgan fingerprint density at radius 2 is 1.95 bits per heavy atom. The molecule has 0 saturated carbocycles. The zero-order valence-corrected chi connectivity index (χ0v) is 13.3. The molecule has 0 amide bonds. The van der Waals surface area contributed by atoms with Crippen molar-refractivity contribution in [1.82, 2.24) is 0 Å². The third-order valence-electron chi connectivity index (χ3n) is 3.26. The first-order valence-electron chi connectivity index (χ1n) is 6.87. The molecule has 0 saturated heterocycles. The highest BCUT2D eigenvalue weighted by atomic mass is 79.9. The lowest BCUT2D eigenvalue weighted by Crippen LogP contribution is -2.10. The molecule has 1 atom stereocenters. The molecule has 0 fully saturated rings. The van der Waals surface area contributed by atoms with E-state index in [1.54, 1.807) is 12.1 Å². The summed E-state index contributed by atoms with van der Waals surface area (Å²) >= 11 is 3.20. The van der Waals surface area contributed by atoms with Crippen LogP contribution in [0.1, 0.15) is 31.4 Å². The Labute approximate surface area is 132 Å².